The van der Waals surface area contributed by atoms with Crippen molar-refractivity contribution >= 4 is 11.3 Å². The van der Waals surface area contributed by atoms with Crippen molar-refractivity contribution in [1.29, 1.82) is 0 Å². The van der Waals surface area contributed by atoms with Crippen molar-refractivity contribution in [2.24, 2.45) is 0 Å². The van der Waals surface area contributed by atoms with Gasteiger partial charge >= 0.3 is 0 Å². The van der Waals surface area contributed by atoms with Gasteiger partial charge in [0.05, 0.1) is 17.8 Å². The molecule has 1 aliphatic heterocycles. The highest BCUT2D eigenvalue weighted by molar-refractivity contribution is 7.07. The molecule has 1 aromatic rings. The van der Waals surface area contributed by atoms with Crippen LogP contribution in [0.5, 0.6) is 0 Å². The van der Waals surface area contributed by atoms with E-state index in [1.54, 1.807) is 11.3 Å². The lowest BCUT2D eigenvalue weighted by Crippen LogP contribution is -1.75. The van der Waals surface area contributed by atoms with Crippen molar-refractivity contribution in [1.82, 2.24) is 4.98 Å². The van der Waals surface area contributed by atoms with E-state index < -0.39 is 0 Å². The SMILES string of the molecule is c1nc([C@H]2CO2)cs1. The molecule has 0 unspecified atom stereocenters. The maximum atomic E-state index is 5.00. The Kier molecular flexibility index (Phi) is 0.856. The van der Waals surface area contributed by atoms with Crippen molar-refractivity contribution in [3.8, 4) is 0 Å². The minimum absolute atomic E-state index is 0.334. The summed E-state index contributed by atoms with van der Waals surface area (Å²) in [6.07, 6.45) is 0.334. The van der Waals surface area contributed by atoms with E-state index in [4.69, 9.17) is 4.74 Å². The third-order valence-electron chi connectivity index (χ3n) is 1.11. The van der Waals surface area contributed by atoms with Gasteiger partial charge in [0, 0.05) is 5.38 Å². The summed E-state index contributed by atoms with van der Waals surface area (Å²) >= 11 is 1.62. The summed E-state index contributed by atoms with van der Waals surface area (Å²) in [7, 11) is 0. The molecule has 1 aromatic heterocycles. The average molecular weight is 127 g/mol. The number of aromatic nitrogens is 1. The second-order valence-electron chi connectivity index (χ2n) is 1.74. The zero-order chi connectivity index (χ0) is 5.40. The Morgan fingerprint density at radius 2 is 2.75 bits per heavy atom. The van der Waals surface area contributed by atoms with Gasteiger partial charge in [-0.25, -0.2) is 4.98 Å². The van der Waals surface area contributed by atoms with Crippen LogP contribution in [0.25, 0.3) is 0 Å². The number of hydrogen-bond donors (Lipinski definition) is 0. The molecule has 0 saturated carbocycles. The fourth-order valence-corrected chi connectivity index (χ4v) is 1.20. The standard InChI is InChI=1S/C5H5NOS/c1-5(7-1)4-2-8-3-6-4/h2-3,5H,1H2/t5-/m1/s1. The van der Waals surface area contributed by atoms with E-state index in [2.05, 4.69) is 4.98 Å². The van der Waals surface area contributed by atoms with Crippen molar-refractivity contribution in [3.63, 3.8) is 0 Å². The van der Waals surface area contributed by atoms with E-state index in [1.165, 1.54) is 0 Å². The van der Waals surface area contributed by atoms with E-state index in [9.17, 15) is 0 Å². The first kappa shape index (κ1) is 4.47. The van der Waals surface area contributed by atoms with Gasteiger partial charge in [-0.15, -0.1) is 11.3 Å². The lowest BCUT2D eigenvalue weighted by molar-refractivity contribution is 0.412. The van der Waals surface area contributed by atoms with Crippen LogP contribution in [0.2, 0.25) is 0 Å². The second-order valence-corrected chi connectivity index (χ2v) is 2.45. The van der Waals surface area contributed by atoms with Gasteiger partial charge in [-0.2, -0.15) is 0 Å². The predicted molar refractivity (Wildman–Crippen MR) is 30.8 cm³/mol. The fraction of sp³-hybridized carbons (Fsp3) is 0.400. The van der Waals surface area contributed by atoms with Gasteiger partial charge in [-0.1, -0.05) is 0 Å². The van der Waals surface area contributed by atoms with Crippen LogP contribution >= 0.6 is 11.3 Å². The van der Waals surface area contributed by atoms with E-state index >= 15 is 0 Å². The Balaban J connectivity index is 2.28. The fourth-order valence-electron chi connectivity index (χ4n) is 0.600. The van der Waals surface area contributed by atoms with Crippen molar-refractivity contribution in [2.45, 2.75) is 6.10 Å². The molecule has 0 bridgehead atoms. The van der Waals surface area contributed by atoms with Gasteiger partial charge in [0.25, 0.3) is 0 Å². The van der Waals surface area contributed by atoms with Gasteiger partial charge in [0.1, 0.15) is 6.10 Å². The molecule has 1 fully saturated rings. The third kappa shape index (κ3) is 0.638. The summed E-state index contributed by atoms with van der Waals surface area (Å²) in [5.74, 6) is 0. The Morgan fingerprint density at radius 1 is 1.88 bits per heavy atom. The molecule has 2 rings (SSSR count). The Morgan fingerprint density at radius 3 is 3.25 bits per heavy atom. The molecule has 0 N–H and O–H groups in total. The minimum atomic E-state index is 0.334. The highest BCUT2D eigenvalue weighted by Gasteiger charge is 2.25. The topological polar surface area (TPSA) is 25.4 Å². The summed E-state index contributed by atoms with van der Waals surface area (Å²) in [4.78, 5) is 4.07. The van der Waals surface area contributed by atoms with E-state index in [0.29, 0.717) is 6.10 Å². The normalized spacial score (nSPS) is 25.8. The first-order chi connectivity index (χ1) is 3.97. The molecule has 0 aliphatic carbocycles. The molecule has 0 spiro atoms. The lowest BCUT2D eigenvalue weighted by atomic mass is 10.4. The number of ether oxygens (including phenoxy) is 1. The smallest absolute Gasteiger partial charge is 0.124 e. The number of thiazole rings is 1. The summed E-state index contributed by atoms with van der Waals surface area (Å²) in [6.45, 7) is 0.865. The summed E-state index contributed by atoms with van der Waals surface area (Å²) < 4.78 is 5.00. The zero-order valence-corrected chi connectivity index (χ0v) is 5.02. The van der Waals surface area contributed by atoms with Crippen LogP contribution in [0.4, 0.5) is 0 Å². The van der Waals surface area contributed by atoms with Crippen LogP contribution in [0, 0.1) is 0 Å². The molecule has 1 saturated heterocycles. The highest BCUT2D eigenvalue weighted by Crippen LogP contribution is 2.28. The maximum absolute atomic E-state index is 5.00. The van der Waals surface area contributed by atoms with Crippen LogP contribution in [-0.4, -0.2) is 11.6 Å². The molecule has 1 aliphatic rings. The number of epoxide rings is 1. The summed E-state index contributed by atoms with van der Waals surface area (Å²) in [6, 6.07) is 0. The molecule has 0 amide bonds. The summed E-state index contributed by atoms with van der Waals surface area (Å²) in [5, 5.41) is 2.03. The van der Waals surface area contributed by atoms with Crippen LogP contribution in [-0.2, 0) is 4.74 Å². The van der Waals surface area contributed by atoms with Gasteiger partial charge in [0.2, 0.25) is 0 Å². The van der Waals surface area contributed by atoms with E-state index in [1.807, 2.05) is 10.9 Å². The first-order valence-corrected chi connectivity index (χ1v) is 3.41. The van der Waals surface area contributed by atoms with Crippen molar-refractivity contribution in [2.75, 3.05) is 6.61 Å². The zero-order valence-electron chi connectivity index (χ0n) is 4.20. The lowest BCUT2D eigenvalue weighted by Gasteiger charge is -1.77. The van der Waals surface area contributed by atoms with Gasteiger partial charge in [0.15, 0.2) is 0 Å². The molecular formula is C5H5NOS. The monoisotopic (exact) mass is 127 g/mol. The van der Waals surface area contributed by atoms with E-state index in [0.717, 1.165) is 12.3 Å². The molecule has 3 heteroatoms. The van der Waals surface area contributed by atoms with Crippen molar-refractivity contribution in [3.05, 3.63) is 16.6 Å². The van der Waals surface area contributed by atoms with Crippen LogP contribution in [0.3, 0.4) is 0 Å². The van der Waals surface area contributed by atoms with Gasteiger partial charge in [-0.3, -0.25) is 0 Å². The Bertz CT molecular complexity index is 169. The molecule has 42 valence electrons. The van der Waals surface area contributed by atoms with E-state index in [-0.39, 0.29) is 0 Å². The quantitative estimate of drug-likeness (QED) is 0.530. The predicted octanol–water partition coefficient (Wildman–Crippen LogP) is 1.21. The molecule has 2 nitrogen and oxygen atoms in total. The van der Waals surface area contributed by atoms with Gasteiger partial charge < -0.3 is 4.74 Å². The Hall–Kier alpha value is -0.410. The average Bonchev–Trinajstić information content (AvgIpc) is 2.49. The molecule has 8 heavy (non-hydrogen) atoms. The van der Waals surface area contributed by atoms with Crippen molar-refractivity contribution < 1.29 is 4.74 Å². The number of hydrogen-bond acceptors (Lipinski definition) is 3. The first-order valence-electron chi connectivity index (χ1n) is 2.46. The molecule has 0 aromatic carbocycles. The molecule has 0 radical (unpaired) electrons. The number of rotatable bonds is 1. The largest absolute Gasteiger partial charge is 0.366 e. The van der Waals surface area contributed by atoms with Gasteiger partial charge in [-0.05, 0) is 0 Å². The van der Waals surface area contributed by atoms with Crippen LogP contribution < -0.4 is 0 Å². The minimum Gasteiger partial charge on any atom is -0.366 e. The van der Waals surface area contributed by atoms with Crippen LogP contribution in [0.1, 0.15) is 11.8 Å². The second kappa shape index (κ2) is 1.53. The molecule has 1 atom stereocenters. The molecule has 2 heterocycles. The van der Waals surface area contributed by atoms with Crippen LogP contribution in [0.15, 0.2) is 10.9 Å². The molecular weight excluding hydrogens is 122 g/mol. The maximum Gasteiger partial charge on any atom is 0.124 e. The Labute approximate surface area is 51.1 Å². The third-order valence-corrected chi connectivity index (χ3v) is 1.72. The highest BCUT2D eigenvalue weighted by atomic mass is 32.1. The summed E-state index contributed by atoms with van der Waals surface area (Å²) in [5.41, 5.74) is 2.92. The number of nitrogens with zero attached hydrogens (tertiary/aromatic N) is 1.